The molecule has 5 rings (SSSR count). The Bertz CT molecular complexity index is 704. The molecule has 152 valence electrons. The van der Waals surface area contributed by atoms with Crippen molar-refractivity contribution in [2.75, 3.05) is 57.4 Å². The van der Waals surface area contributed by atoms with Gasteiger partial charge in [0.25, 0.3) is 5.91 Å². The van der Waals surface area contributed by atoms with E-state index in [0.717, 1.165) is 64.1 Å². The van der Waals surface area contributed by atoms with E-state index >= 15 is 0 Å². The van der Waals surface area contributed by atoms with E-state index in [2.05, 4.69) is 26.7 Å². The first kappa shape index (κ1) is 18.3. The largest absolute Gasteiger partial charge is 0.380 e. The van der Waals surface area contributed by atoms with Crippen LogP contribution >= 0.6 is 0 Å². The highest BCUT2D eigenvalue weighted by molar-refractivity contribution is 5.93. The van der Waals surface area contributed by atoms with Crippen LogP contribution in [-0.2, 0) is 4.74 Å². The van der Waals surface area contributed by atoms with E-state index in [1.54, 1.807) is 12.4 Å². The van der Waals surface area contributed by atoms with E-state index in [0.29, 0.717) is 17.0 Å². The standard InChI is InChI=1S/C21H31N5O2/c1-16-3-2-6-25(11-16)18-4-7-24(8-5-18)19(27)17-9-22-20(23-10-17)26-12-21(13-26)14-28-15-21/h9-10,16,18H,2-8,11-15H2,1H3/t16-/m1/s1. The van der Waals surface area contributed by atoms with E-state index in [-0.39, 0.29) is 5.91 Å². The minimum absolute atomic E-state index is 0.0736. The first-order chi connectivity index (χ1) is 13.6. The highest BCUT2D eigenvalue weighted by Crippen LogP contribution is 2.38. The van der Waals surface area contributed by atoms with Crippen molar-refractivity contribution in [3.63, 3.8) is 0 Å². The summed E-state index contributed by atoms with van der Waals surface area (Å²) in [5.74, 6) is 1.61. The van der Waals surface area contributed by atoms with E-state index in [4.69, 9.17) is 4.74 Å². The summed E-state index contributed by atoms with van der Waals surface area (Å²) in [4.78, 5) is 28.6. The molecule has 1 amide bonds. The molecule has 7 nitrogen and oxygen atoms in total. The van der Waals surface area contributed by atoms with Gasteiger partial charge in [-0.2, -0.15) is 0 Å². The van der Waals surface area contributed by atoms with E-state index in [1.807, 2.05) is 4.90 Å². The summed E-state index contributed by atoms with van der Waals surface area (Å²) in [7, 11) is 0. The number of amides is 1. The highest BCUT2D eigenvalue weighted by atomic mass is 16.5. The first-order valence-corrected chi connectivity index (χ1v) is 10.8. The fourth-order valence-corrected chi connectivity index (χ4v) is 5.25. The first-order valence-electron chi connectivity index (χ1n) is 10.8. The van der Waals surface area contributed by atoms with Crippen LogP contribution in [0, 0.1) is 11.3 Å². The molecule has 1 aromatic heterocycles. The predicted molar refractivity (Wildman–Crippen MR) is 106 cm³/mol. The topological polar surface area (TPSA) is 61.8 Å². The number of piperidine rings is 2. The lowest BCUT2D eigenvalue weighted by atomic mass is 9.78. The van der Waals surface area contributed by atoms with Gasteiger partial charge in [-0.3, -0.25) is 9.69 Å². The minimum Gasteiger partial charge on any atom is -0.380 e. The number of hydrogen-bond acceptors (Lipinski definition) is 6. The highest BCUT2D eigenvalue weighted by Gasteiger charge is 2.49. The van der Waals surface area contributed by atoms with Crippen LogP contribution in [0.1, 0.15) is 43.0 Å². The van der Waals surface area contributed by atoms with Crippen LogP contribution in [-0.4, -0.2) is 84.2 Å². The summed E-state index contributed by atoms with van der Waals surface area (Å²) in [5.41, 5.74) is 0.949. The number of anilines is 1. The number of rotatable bonds is 3. The number of carbonyl (C=O) groups excluding carboxylic acids is 1. The number of ether oxygens (including phenoxy) is 1. The molecule has 28 heavy (non-hydrogen) atoms. The van der Waals surface area contributed by atoms with Gasteiger partial charge < -0.3 is 14.5 Å². The molecule has 4 fully saturated rings. The van der Waals surface area contributed by atoms with Crippen molar-refractivity contribution >= 4 is 11.9 Å². The second kappa shape index (κ2) is 7.26. The quantitative estimate of drug-likeness (QED) is 0.789. The monoisotopic (exact) mass is 385 g/mol. The summed E-state index contributed by atoms with van der Waals surface area (Å²) in [6.45, 7) is 10.1. The second-order valence-electron chi connectivity index (χ2n) is 9.39. The van der Waals surface area contributed by atoms with Crippen molar-refractivity contribution < 1.29 is 9.53 Å². The molecule has 0 unspecified atom stereocenters. The molecular formula is C21H31N5O2. The normalized spacial score (nSPS) is 28.1. The van der Waals surface area contributed by atoms with Gasteiger partial charge >= 0.3 is 0 Å². The Kier molecular flexibility index (Phi) is 4.75. The SMILES string of the molecule is C[C@@H]1CCCN(C2CCN(C(=O)c3cnc(N4CC5(COC5)C4)nc3)CC2)C1. The Morgan fingerprint density at radius 1 is 1.11 bits per heavy atom. The number of hydrogen-bond donors (Lipinski definition) is 0. The molecule has 0 N–H and O–H groups in total. The molecule has 0 aromatic carbocycles. The van der Waals surface area contributed by atoms with Gasteiger partial charge in [-0.1, -0.05) is 6.92 Å². The number of carbonyl (C=O) groups is 1. The van der Waals surface area contributed by atoms with Crippen molar-refractivity contribution in [1.82, 2.24) is 19.8 Å². The summed E-state index contributed by atoms with van der Waals surface area (Å²) in [5, 5.41) is 0. The van der Waals surface area contributed by atoms with Crippen molar-refractivity contribution in [2.45, 2.75) is 38.6 Å². The van der Waals surface area contributed by atoms with Crippen LogP contribution in [0.4, 0.5) is 5.95 Å². The van der Waals surface area contributed by atoms with Crippen LogP contribution in [0.25, 0.3) is 0 Å². The van der Waals surface area contributed by atoms with Crippen LogP contribution in [0.2, 0.25) is 0 Å². The zero-order valence-corrected chi connectivity index (χ0v) is 16.8. The van der Waals surface area contributed by atoms with Crippen LogP contribution in [0.3, 0.4) is 0 Å². The van der Waals surface area contributed by atoms with Gasteiger partial charge in [0.2, 0.25) is 5.95 Å². The molecule has 7 heteroatoms. The maximum Gasteiger partial charge on any atom is 0.256 e. The van der Waals surface area contributed by atoms with E-state index in [1.165, 1.54) is 25.9 Å². The zero-order valence-electron chi connectivity index (χ0n) is 16.8. The van der Waals surface area contributed by atoms with Gasteiger partial charge in [0.15, 0.2) is 0 Å². The number of aromatic nitrogens is 2. The smallest absolute Gasteiger partial charge is 0.256 e. The zero-order chi connectivity index (χ0) is 19.1. The Balaban J connectivity index is 1.14. The van der Waals surface area contributed by atoms with Gasteiger partial charge in [0.05, 0.1) is 24.2 Å². The lowest BCUT2D eigenvalue weighted by Crippen LogP contribution is -2.66. The molecule has 0 radical (unpaired) electrons. The second-order valence-corrected chi connectivity index (χ2v) is 9.39. The van der Waals surface area contributed by atoms with Gasteiger partial charge in [-0.25, -0.2) is 9.97 Å². The summed E-state index contributed by atoms with van der Waals surface area (Å²) in [6.07, 6.45) is 8.23. The fourth-order valence-electron chi connectivity index (χ4n) is 5.25. The van der Waals surface area contributed by atoms with Crippen LogP contribution < -0.4 is 4.90 Å². The molecule has 5 heterocycles. The minimum atomic E-state index is 0.0736. The van der Waals surface area contributed by atoms with Gasteiger partial charge in [-0.15, -0.1) is 0 Å². The van der Waals surface area contributed by atoms with Crippen molar-refractivity contribution in [1.29, 1.82) is 0 Å². The average molecular weight is 386 g/mol. The lowest BCUT2D eigenvalue weighted by molar-refractivity contribution is -0.127. The average Bonchev–Trinajstić information content (AvgIpc) is 2.66. The Morgan fingerprint density at radius 3 is 2.43 bits per heavy atom. The number of nitrogens with zero attached hydrogens (tertiary/aromatic N) is 5. The summed E-state index contributed by atoms with van der Waals surface area (Å²) >= 11 is 0. The third kappa shape index (κ3) is 3.39. The predicted octanol–water partition coefficient (Wildman–Crippen LogP) is 1.65. The molecule has 0 bridgehead atoms. The maximum atomic E-state index is 12.9. The molecule has 4 aliphatic heterocycles. The van der Waals surface area contributed by atoms with E-state index in [9.17, 15) is 4.79 Å². The van der Waals surface area contributed by atoms with Crippen molar-refractivity contribution in [2.24, 2.45) is 11.3 Å². The molecule has 0 aliphatic carbocycles. The van der Waals surface area contributed by atoms with Gasteiger partial charge in [0.1, 0.15) is 0 Å². The summed E-state index contributed by atoms with van der Waals surface area (Å²) < 4.78 is 5.31. The Morgan fingerprint density at radius 2 is 1.82 bits per heavy atom. The fraction of sp³-hybridized carbons (Fsp3) is 0.762. The van der Waals surface area contributed by atoms with Crippen LogP contribution in [0.15, 0.2) is 12.4 Å². The lowest BCUT2D eigenvalue weighted by Gasteiger charge is -2.54. The van der Waals surface area contributed by atoms with Gasteiger partial charge in [-0.05, 0) is 38.1 Å². The third-order valence-electron chi connectivity index (χ3n) is 6.99. The Labute approximate surface area is 167 Å². The Hall–Kier alpha value is -1.73. The van der Waals surface area contributed by atoms with Crippen molar-refractivity contribution in [3.05, 3.63) is 18.0 Å². The molecule has 0 saturated carbocycles. The molecule has 1 spiro atoms. The van der Waals surface area contributed by atoms with Crippen LogP contribution in [0.5, 0.6) is 0 Å². The number of likely N-dealkylation sites (tertiary alicyclic amines) is 2. The molecule has 1 aromatic rings. The van der Waals surface area contributed by atoms with Gasteiger partial charge in [0, 0.05) is 51.2 Å². The molecule has 4 aliphatic rings. The summed E-state index contributed by atoms with van der Waals surface area (Å²) in [6, 6.07) is 0.639. The molecule has 4 saturated heterocycles. The maximum absolute atomic E-state index is 12.9. The third-order valence-corrected chi connectivity index (χ3v) is 6.99. The van der Waals surface area contributed by atoms with Crippen molar-refractivity contribution in [3.8, 4) is 0 Å². The molecular weight excluding hydrogens is 354 g/mol. The van der Waals surface area contributed by atoms with E-state index < -0.39 is 0 Å². The molecule has 1 atom stereocenters.